The van der Waals surface area contributed by atoms with E-state index in [-0.39, 0.29) is 6.03 Å². The van der Waals surface area contributed by atoms with Crippen LogP contribution in [0.2, 0.25) is 0 Å². The van der Waals surface area contributed by atoms with E-state index in [9.17, 15) is 4.79 Å². The highest BCUT2D eigenvalue weighted by Gasteiger charge is 2.13. The van der Waals surface area contributed by atoms with Crippen molar-refractivity contribution in [1.82, 2.24) is 10.2 Å². The predicted octanol–water partition coefficient (Wildman–Crippen LogP) is 2.39. The maximum Gasteiger partial charge on any atom is 0.319 e. The Hall–Kier alpha value is -1.24. The minimum Gasteiger partial charge on any atom is -0.385 e. The van der Waals surface area contributed by atoms with E-state index in [1.807, 2.05) is 30.0 Å². The third-order valence-corrected chi connectivity index (χ3v) is 4.52. The van der Waals surface area contributed by atoms with Gasteiger partial charge in [0.25, 0.3) is 0 Å². The second kappa shape index (κ2) is 9.71. The molecule has 2 rings (SSSR count). The number of nitrogens with zero attached hydrogens (tertiary/aromatic N) is 1. The third-order valence-electron chi connectivity index (χ3n) is 3.57. The van der Waals surface area contributed by atoms with Gasteiger partial charge in [-0.3, -0.25) is 4.90 Å². The number of amides is 2. The number of anilines is 1. The zero-order valence-electron chi connectivity index (χ0n) is 13.1. The molecule has 2 amide bonds. The SMILES string of the molecule is COCCCNC(=O)Nc1ccccc1CN1CCSCC1. The number of thioether (sulfide) groups is 1. The molecule has 0 unspecified atom stereocenters. The van der Waals surface area contributed by atoms with Crippen molar-refractivity contribution in [1.29, 1.82) is 0 Å². The van der Waals surface area contributed by atoms with E-state index in [2.05, 4.69) is 21.6 Å². The van der Waals surface area contributed by atoms with Crippen molar-refractivity contribution in [3.8, 4) is 0 Å². The summed E-state index contributed by atoms with van der Waals surface area (Å²) in [5.74, 6) is 2.38. The van der Waals surface area contributed by atoms with Crippen LogP contribution >= 0.6 is 11.8 Å². The highest BCUT2D eigenvalue weighted by molar-refractivity contribution is 7.99. The second-order valence-corrected chi connectivity index (χ2v) is 6.50. The Balaban J connectivity index is 1.85. The van der Waals surface area contributed by atoms with Gasteiger partial charge in [0.05, 0.1) is 0 Å². The van der Waals surface area contributed by atoms with Crippen molar-refractivity contribution >= 4 is 23.5 Å². The average molecular weight is 323 g/mol. The molecule has 1 aromatic carbocycles. The minimum atomic E-state index is -0.155. The summed E-state index contributed by atoms with van der Waals surface area (Å²) in [6.45, 7) is 4.39. The van der Waals surface area contributed by atoms with Gasteiger partial charge in [0.2, 0.25) is 0 Å². The summed E-state index contributed by atoms with van der Waals surface area (Å²) < 4.78 is 4.97. The van der Waals surface area contributed by atoms with Crippen LogP contribution < -0.4 is 10.6 Å². The summed E-state index contributed by atoms with van der Waals surface area (Å²) in [5, 5.41) is 5.80. The highest BCUT2D eigenvalue weighted by atomic mass is 32.2. The Morgan fingerprint density at radius 3 is 2.86 bits per heavy atom. The molecule has 22 heavy (non-hydrogen) atoms. The lowest BCUT2D eigenvalue weighted by atomic mass is 10.1. The van der Waals surface area contributed by atoms with Crippen LogP contribution in [0.15, 0.2) is 24.3 Å². The lowest BCUT2D eigenvalue weighted by Gasteiger charge is -2.27. The molecule has 0 bridgehead atoms. The smallest absolute Gasteiger partial charge is 0.319 e. The summed E-state index contributed by atoms with van der Waals surface area (Å²) in [5.41, 5.74) is 2.06. The first-order valence-electron chi connectivity index (χ1n) is 7.71. The number of hydrogen-bond acceptors (Lipinski definition) is 4. The number of methoxy groups -OCH3 is 1. The maximum atomic E-state index is 11.9. The monoisotopic (exact) mass is 323 g/mol. The number of nitrogens with one attached hydrogen (secondary N) is 2. The first kappa shape index (κ1) is 17.1. The van der Waals surface area contributed by atoms with Gasteiger partial charge in [-0.1, -0.05) is 18.2 Å². The van der Waals surface area contributed by atoms with Crippen LogP contribution in [-0.4, -0.2) is 55.8 Å². The van der Waals surface area contributed by atoms with Gasteiger partial charge in [-0.05, 0) is 18.1 Å². The van der Waals surface area contributed by atoms with Gasteiger partial charge < -0.3 is 15.4 Å². The molecule has 1 heterocycles. The molecule has 1 aliphatic heterocycles. The first-order chi connectivity index (χ1) is 10.8. The molecule has 1 aromatic rings. The molecule has 5 nitrogen and oxygen atoms in total. The third kappa shape index (κ3) is 5.87. The van der Waals surface area contributed by atoms with E-state index >= 15 is 0 Å². The predicted molar refractivity (Wildman–Crippen MR) is 92.6 cm³/mol. The first-order valence-corrected chi connectivity index (χ1v) is 8.87. The number of hydrogen-bond donors (Lipinski definition) is 2. The Bertz CT molecular complexity index is 464. The molecular formula is C16H25N3O2S. The molecular weight excluding hydrogens is 298 g/mol. The van der Waals surface area contributed by atoms with Gasteiger partial charge in [0.1, 0.15) is 0 Å². The Kier molecular flexibility index (Phi) is 7.56. The number of benzene rings is 1. The average Bonchev–Trinajstić information content (AvgIpc) is 2.54. The van der Waals surface area contributed by atoms with Crippen LogP contribution in [0.3, 0.4) is 0 Å². The van der Waals surface area contributed by atoms with Gasteiger partial charge in [-0.25, -0.2) is 4.79 Å². The van der Waals surface area contributed by atoms with E-state index in [4.69, 9.17) is 4.74 Å². The van der Waals surface area contributed by atoms with Crippen molar-refractivity contribution in [2.45, 2.75) is 13.0 Å². The number of rotatable bonds is 7. The normalized spacial score (nSPS) is 15.5. The molecule has 1 aliphatic rings. The van der Waals surface area contributed by atoms with E-state index in [1.165, 1.54) is 17.1 Å². The number of para-hydroxylation sites is 1. The molecule has 1 saturated heterocycles. The van der Waals surface area contributed by atoms with Crippen LogP contribution in [0.4, 0.5) is 10.5 Å². The van der Waals surface area contributed by atoms with Crippen molar-refractivity contribution in [2.75, 3.05) is 50.2 Å². The van der Waals surface area contributed by atoms with Crippen LogP contribution in [-0.2, 0) is 11.3 Å². The summed E-state index contributed by atoms with van der Waals surface area (Å²) in [6.07, 6.45) is 0.816. The topological polar surface area (TPSA) is 53.6 Å². The van der Waals surface area contributed by atoms with Gasteiger partial charge in [-0.2, -0.15) is 11.8 Å². The number of urea groups is 1. The number of carbonyl (C=O) groups excluding carboxylic acids is 1. The molecule has 122 valence electrons. The van der Waals surface area contributed by atoms with Crippen molar-refractivity contribution in [3.63, 3.8) is 0 Å². The minimum absolute atomic E-state index is 0.155. The van der Waals surface area contributed by atoms with Crippen LogP contribution in [0.5, 0.6) is 0 Å². The zero-order chi connectivity index (χ0) is 15.6. The van der Waals surface area contributed by atoms with E-state index in [0.29, 0.717) is 13.2 Å². The molecule has 0 radical (unpaired) electrons. The molecule has 6 heteroatoms. The molecule has 2 N–H and O–H groups in total. The standard InChI is InChI=1S/C16H25N3O2S/c1-21-10-4-7-17-16(20)18-15-6-3-2-5-14(15)13-19-8-11-22-12-9-19/h2-3,5-6H,4,7-13H2,1H3,(H2,17,18,20). The quantitative estimate of drug-likeness (QED) is 0.757. The molecule has 0 spiro atoms. The van der Waals surface area contributed by atoms with Crippen molar-refractivity contribution in [3.05, 3.63) is 29.8 Å². The Morgan fingerprint density at radius 1 is 1.32 bits per heavy atom. The fraction of sp³-hybridized carbons (Fsp3) is 0.562. The summed E-state index contributed by atoms with van der Waals surface area (Å²) in [4.78, 5) is 14.4. The lowest BCUT2D eigenvalue weighted by molar-refractivity contribution is 0.194. The van der Waals surface area contributed by atoms with Crippen LogP contribution in [0.25, 0.3) is 0 Å². The zero-order valence-corrected chi connectivity index (χ0v) is 14.0. The molecule has 0 saturated carbocycles. The van der Waals surface area contributed by atoms with Gasteiger partial charge in [0, 0.05) is 57.1 Å². The Labute approximate surface area is 136 Å². The maximum absolute atomic E-state index is 11.9. The van der Waals surface area contributed by atoms with E-state index < -0.39 is 0 Å². The van der Waals surface area contributed by atoms with Crippen LogP contribution in [0.1, 0.15) is 12.0 Å². The van der Waals surface area contributed by atoms with Gasteiger partial charge in [-0.15, -0.1) is 0 Å². The molecule has 1 fully saturated rings. The van der Waals surface area contributed by atoms with Crippen LogP contribution in [0, 0.1) is 0 Å². The van der Waals surface area contributed by atoms with Crippen molar-refractivity contribution in [2.24, 2.45) is 0 Å². The number of carbonyl (C=O) groups is 1. The van der Waals surface area contributed by atoms with E-state index in [1.54, 1.807) is 7.11 Å². The molecule has 0 atom stereocenters. The molecule has 0 aliphatic carbocycles. The fourth-order valence-corrected chi connectivity index (χ4v) is 3.34. The fourth-order valence-electron chi connectivity index (χ4n) is 2.37. The summed E-state index contributed by atoms with van der Waals surface area (Å²) in [7, 11) is 1.66. The summed E-state index contributed by atoms with van der Waals surface area (Å²) >= 11 is 2.01. The van der Waals surface area contributed by atoms with Crippen molar-refractivity contribution < 1.29 is 9.53 Å². The van der Waals surface area contributed by atoms with E-state index in [0.717, 1.165) is 31.7 Å². The second-order valence-electron chi connectivity index (χ2n) is 5.27. The molecule has 0 aromatic heterocycles. The van der Waals surface area contributed by atoms with Gasteiger partial charge in [0.15, 0.2) is 0 Å². The largest absolute Gasteiger partial charge is 0.385 e. The number of ether oxygens (including phenoxy) is 1. The highest BCUT2D eigenvalue weighted by Crippen LogP contribution is 2.19. The summed E-state index contributed by atoms with van der Waals surface area (Å²) in [6, 6.07) is 7.87. The van der Waals surface area contributed by atoms with Gasteiger partial charge >= 0.3 is 6.03 Å². The lowest BCUT2D eigenvalue weighted by Crippen LogP contribution is -2.33. The Morgan fingerprint density at radius 2 is 2.09 bits per heavy atom.